The van der Waals surface area contributed by atoms with Crippen LogP contribution in [-0.4, -0.2) is 17.6 Å². The van der Waals surface area contributed by atoms with Crippen molar-refractivity contribution in [1.29, 1.82) is 0 Å². The summed E-state index contributed by atoms with van der Waals surface area (Å²) in [5.41, 5.74) is 1.49. The fourth-order valence-electron chi connectivity index (χ4n) is 1.82. The zero-order valence-electron chi connectivity index (χ0n) is 10.1. The van der Waals surface area contributed by atoms with Gasteiger partial charge in [0.15, 0.2) is 0 Å². The number of carbonyl (C=O) groups excluding carboxylic acids is 1. The maximum Gasteiger partial charge on any atom is 0.340 e. The average molecular weight is 309 g/mol. The van der Waals surface area contributed by atoms with Crippen LogP contribution in [0.4, 0.5) is 0 Å². The second kappa shape index (κ2) is 5.07. The van der Waals surface area contributed by atoms with E-state index in [1.807, 2.05) is 0 Å². The minimum absolute atomic E-state index is 0.332. The topological polar surface area (TPSA) is 43.5 Å². The van der Waals surface area contributed by atoms with Gasteiger partial charge < -0.3 is 9.58 Å². The zero-order chi connectivity index (χ0) is 13.2. The number of alkyl halides is 1. The normalized spacial score (nSPS) is 15.8. The molecule has 0 unspecified atom stereocenters. The van der Waals surface area contributed by atoms with Gasteiger partial charge in [0.25, 0.3) is 5.54 Å². The zero-order valence-corrected chi connectivity index (χ0v) is 11.7. The summed E-state index contributed by atoms with van der Waals surface area (Å²) in [6.45, 7) is 9.34. The number of halogens is 1. The SMILES string of the molecule is [C-]#[N+]C1(c2cnc(CBr)c(C(=O)OCC)c2)CC1. The molecule has 0 saturated heterocycles. The van der Waals surface area contributed by atoms with Crippen LogP contribution in [-0.2, 0) is 15.6 Å². The predicted octanol–water partition coefficient (Wildman–Crippen LogP) is 3.06. The van der Waals surface area contributed by atoms with E-state index in [1.165, 1.54) is 0 Å². The number of carbonyl (C=O) groups is 1. The summed E-state index contributed by atoms with van der Waals surface area (Å²) in [7, 11) is 0. The number of pyridine rings is 1. The Bertz CT molecular complexity index is 518. The van der Waals surface area contributed by atoms with Gasteiger partial charge in [-0.25, -0.2) is 11.4 Å². The molecule has 0 spiro atoms. The van der Waals surface area contributed by atoms with Crippen molar-refractivity contribution in [2.75, 3.05) is 6.61 Å². The smallest absolute Gasteiger partial charge is 0.340 e. The second-order valence-corrected chi connectivity index (χ2v) is 4.78. The van der Waals surface area contributed by atoms with Gasteiger partial charge in [-0.15, -0.1) is 0 Å². The molecule has 0 atom stereocenters. The maximum atomic E-state index is 11.9. The van der Waals surface area contributed by atoms with E-state index in [-0.39, 0.29) is 5.97 Å². The summed E-state index contributed by atoms with van der Waals surface area (Å²) < 4.78 is 5.01. The van der Waals surface area contributed by atoms with Gasteiger partial charge in [0, 0.05) is 24.4 Å². The van der Waals surface area contributed by atoms with Gasteiger partial charge in [0.2, 0.25) is 0 Å². The number of hydrogen-bond acceptors (Lipinski definition) is 3. The fourth-order valence-corrected chi connectivity index (χ4v) is 2.27. The van der Waals surface area contributed by atoms with E-state index in [1.54, 1.807) is 19.2 Å². The van der Waals surface area contributed by atoms with Gasteiger partial charge in [-0.3, -0.25) is 4.98 Å². The molecule has 0 N–H and O–H groups in total. The third-order valence-corrected chi connectivity index (χ3v) is 3.60. The number of ether oxygens (including phenoxy) is 1. The molecule has 1 heterocycles. The van der Waals surface area contributed by atoms with E-state index >= 15 is 0 Å². The van der Waals surface area contributed by atoms with E-state index in [0.717, 1.165) is 18.4 Å². The van der Waals surface area contributed by atoms with E-state index in [9.17, 15) is 4.79 Å². The Kier molecular flexibility index (Phi) is 3.67. The van der Waals surface area contributed by atoms with Crippen LogP contribution in [0.3, 0.4) is 0 Å². The van der Waals surface area contributed by atoms with Crippen molar-refractivity contribution < 1.29 is 9.53 Å². The minimum Gasteiger partial charge on any atom is -0.462 e. The predicted molar refractivity (Wildman–Crippen MR) is 70.3 cm³/mol. The Labute approximate surface area is 114 Å². The van der Waals surface area contributed by atoms with Gasteiger partial charge in [0.05, 0.1) is 23.4 Å². The first-order chi connectivity index (χ1) is 8.66. The van der Waals surface area contributed by atoms with Crippen molar-refractivity contribution in [3.8, 4) is 0 Å². The summed E-state index contributed by atoms with van der Waals surface area (Å²) in [6, 6.07) is 1.76. The molecule has 1 aromatic heterocycles. The number of rotatable bonds is 4. The van der Waals surface area contributed by atoms with Gasteiger partial charge in [-0.2, -0.15) is 0 Å². The Balaban J connectivity index is 2.40. The molecule has 1 fully saturated rings. The number of aromatic nitrogens is 1. The van der Waals surface area contributed by atoms with Crippen LogP contribution >= 0.6 is 15.9 Å². The Morgan fingerprint density at radius 3 is 2.89 bits per heavy atom. The van der Waals surface area contributed by atoms with Gasteiger partial charge in [-0.05, 0) is 13.0 Å². The molecular weight excluding hydrogens is 296 g/mol. The van der Waals surface area contributed by atoms with Crippen molar-refractivity contribution in [2.24, 2.45) is 0 Å². The highest BCUT2D eigenvalue weighted by Gasteiger charge is 2.53. The Morgan fingerprint density at radius 2 is 2.39 bits per heavy atom. The molecule has 0 bridgehead atoms. The van der Waals surface area contributed by atoms with Crippen LogP contribution in [0.15, 0.2) is 12.3 Å². The molecule has 94 valence electrons. The lowest BCUT2D eigenvalue weighted by atomic mass is 10.0. The molecule has 1 aromatic rings. The maximum absolute atomic E-state index is 11.9. The van der Waals surface area contributed by atoms with Crippen molar-refractivity contribution >= 4 is 21.9 Å². The molecule has 5 heteroatoms. The van der Waals surface area contributed by atoms with Gasteiger partial charge in [0.1, 0.15) is 0 Å². The molecular formula is C13H13BrN2O2. The quantitative estimate of drug-likeness (QED) is 0.488. The number of hydrogen-bond donors (Lipinski definition) is 0. The standard InChI is InChI=1S/C13H13BrN2O2/c1-3-18-12(17)10-6-9(8-16-11(10)7-14)13(15-2)4-5-13/h6,8H,3-5,7H2,1H3. The summed E-state index contributed by atoms with van der Waals surface area (Å²) in [5, 5.41) is 0.493. The van der Waals surface area contributed by atoms with Crippen LogP contribution in [0.5, 0.6) is 0 Å². The monoisotopic (exact) mass is 308 g/mol. The molecule has 0 amide bonds. The highest BCUT2D eigenvalue weighted by molar-refractivity contribution is 9.08. The molecule has 1 aliphatic rings. The number of nitrogens with zero attached hydrogens (tertiary/aromatic N) is 2. The van der Waals surface area contributed by atoms with Crippen LogP contribution in [0.1, 0.15) is 41.4 Å². The molecule has 18 heavy (non-hydrogen) atoms. The van der Waals surface area contributed by atoms with Crippen LogP contribution in [0.2, 0.25) is 0 Å². The molecule has 4 nitrogen and oxygen atoms in total. The van der Waals surface area contributed by atoms with Gasteiger partial charge >= 0.3 is 5.97 Å². The molecule has 1 aliphatic carbocycles. The largest absolute Gasteiger partial charge is 0.462 e. The molecule has 0 aromatic carbocycles. The van der Waals surface area contributed by atoms with Crippen molar-refractivity contribution in [1.82, 2.24) is 4.98 Å². The third kappa shape index (κ3) is 2.25. The Hall–Kier alpha value is -1.41. The van der Waals surface area contributed by atoms with Crippen molar-refractivity contribution in [3.05, 3.63) is 40.5 Å². The molecule has 1 saturated carbocycles. The lowest BCUT2D eigenvalue weighted by Crippen LogP contribution is -2.12. The molecule has 2 rings (SSSR count). The first kappa shape index (κ1) is 13.0. The lowest BCUT2D eigenvalue weighted by Gasteiger charge is -2.09. The third-order valence-electron chi connectivity index (χ3n) is 3.07. The highest BCUT2D eigenvalue weighted by atomic mass is 79.9. The van der Waals surface area contributed by atoms with Crippen molar-refractivity contribution in [2.45, 2.75) is 30.6 Å². The summed E-state index contributed by atoms with van der Waals surface area (Å²) >= 11 is 3.30. The number of esters is 1. The van der Waals surface area contributed by atoms with Gasteiger partial charge in [-0.1, -0.05) is 15.9 Å². The van der Waals surface area contributed by atoms with E-state index < -0.39 is 5.54 Å². The average Bonchev–Trinajstić information content (AvgIpc) is 3.19. The minimum atomic E-state index is -0.445. The van der Waals surface area contributed by atoms with Crippen LogP contribution in [0, 0.1) is 6.57 Å². The van der Waals surface area contributed by atoms with E-state index in [0.29, 0.717) is 23.2 Å². The fraction of sp³-hybridized carbons (Fsp3) is 0.462. The summed E-state index contributed by atoms with van der Waals surface area (Å²) in [4.78, 5) is 19.8. The first-order valence-electron chi connectivity index (χ1n) is 5.78. The van der Waals surface area contributed by atoms with E-state index in [2.05, 4.69) is 25.8 Å². The lowest BCUT2D eigenvalue weighted by molar-refractivity contribution is 0.0524. The summed E-state index contributed by atoms with van der Waals surface area (Å²) in [6.07, 6.45) is 3.38. The highest BCUT2D eigenvalue weighted by Crippen LogP contribution is 2.49. The Morgan fingerprint density at radius 1 is 1.67 bits per heavy atom. The second-order valence-electron chi connectivity index (χ2n) is 4.22. The van der Waals surface area contributed by atoms with E-state index in [4.69, 9.17) is 11.3 Å². The van der Waals surface area contributed by atoms with Crippen LogP contribution in [0.25, 0.3) is 4.85 Å². The van der Waals surface area contributed by atoms with Crippen LogP contribution < -0.4 is 0 Å². The molecule has 0 radical (unpaired) electrons. The molecule has 0 aliphatic heterocycles. The van der Waals surface area contributed by atoms with Crippen molar-refractivity contribution in [3.63, 3.8) is 0 Å². The summed E-state index contributed by atoms with van der Waals surface area (Å²) in [5.74, 6) is -0.373. The first-order valence-corrected chi connectivity index (χ1v) is 6.90.